The van der Waals surface area contributed by atoms with E-state index in [2.05, 4.69) is 40.8 Å². The fourth-order valence-electron chi connectivity index (χ4n) is 6.61. The van der Waals surface area contributed by atoms with Crippen LogP contribution < -0.4 is 14.4 Å². The predicted molar refractivity (Wildman–Crippen MR) is 162 cm³/mol. The molecule has 230 valence electrons. The highest BCUT2D eigenvalue weighted by molar-refractivity contribution is 5.70. The van der Waals surface area contributed by atoms with Gasteiger partial charge in [0, 0.05) is 25.1 Å². The molecular weight excluding hydrogens is 549 g/mol. The maximum Gasteiger partial charge on any atom is 0.306 e. The van der Waals surface area contributed by atoms with Gasteiger partial charge in [-0.1, -0.05) is 24.3 Å². The third kappa shape index (κ3) is 7.82. The van der Waals surface area contributed by atoms with Gasteiger partial charge < -0.3 is 24.2 Å². The number of ether oxygens (including phenoxy) is 3. The van der Waals surface area contributed by atoms with E-state index in [9.17, 15) is 14.3 Å². The number of hydrogen-bond acceptors (Lipinski definition) is 7. The number of methoxy groups -OCH3 is 1. The number of halogens is 1. The van der Waals surface area contributed by atoms with Crippen LogP contribution in [0.1, 0.15) is 69.9 Å². The molecule has 0 bridgehead atoms. The lowest BCUT2D eigenvalue weighted by Crippen LogP contribution is -2.45. The Labute approximate surface area is 253 Å². The maximum absolute atomic E-state index is 13.8. The van der Waals surface area contributed by atoms with Crippen LogP contribution in [-0.2, 0) is 21.5 Å². The van der Waals surface area contributed by atoms with Crippen molar-refractivity contribution in [2.75, 3.05) is 25.2 Å². The van der Waals surface area contributed by atoms with Crippen molar-refractivity contribution < 1.29 is 28.5 Å². The Morgan fingerprint density at radius 2 is 1.67 bits per heavy atom. The standard InChI is InChI=1S/C34H42FN3O5/c1-33(2)23-34(17-19-42-33,26-8-14-28(41-3)15-9-26)16-18-38(32-36-20-27(35)21-37-32)22-24-4-10-29(11-5-24)43-30-12-6-25(7-13-30)31(39)40/h4-5,8-11,14-15,20-21,25,30H,6-7,12-13,16-19,22-23H2,1-3H3,(H,39,40). The predicted octanol–water partition coefficient (Wildman–Crippen LogP) is 6.57. The molecule has 1 aliphatic heterocycles. The van der Waals surface area contributed by atoms with Crippen LogP contribution in [0.25, 0.3) is 0 Å². The van der Waals surface area contributed by atoms with Crippen molar-refractivity contribution in [1.82, 2.24) is 9.97 Å². The molecule has 0 amide bonds. The molecule has 1 saturated carbocycles. The van der Waals surface area contributed by atoms with E-state index in [1.54, 1.807) is 7.11 Å². The van der Waals surface area contributed by atoms with Gasteiger partial charge in [-0.25, -0.2) is 14.4 Å². The summed E-state index contributed by atoms with van der Waals surface area (Å²) in [6, 6.07) is 16.3. The van der Waals surface area contributed by atoms with E-state index in [4.69, 9.17) is 14.2 Å². The summed E-state index contributed by atoms with van der Waals surface area (Å²) in [5.74, 6) is 0.629. The third-order valence-corrected chi connectivity index (χ3v) is 8.91. The minimum Gasteiger partial charge on any atom is -0.497 e. The van der Waals surface area contributed by atoms with Crippen molar-refractivity contribution in [3.8, 4) is 11.5 Å². The van der Waals surface area contributed by atoms with E-state index in [-0.39, 0.29) is 23.0 Å². The van der Waals surface area contributed by atoms with Gasteiger partial charge >= 0.3 is 5.97 Å². The zero-order chi connectivity index (χ0) is 30.5. The fourth-order valence-corrected chi connectivity index (χ4v) is 6.61. The number of carboxylic acid groups (broad SMARTS) is 1. The van der Waals surface area contributed by atoms with Crippen LogP contribution in [0.2, 0.25) is 0 Å². The van der Waals surface area contributed by atoms with Crippen LogP contribution in [0.15, 0.2) is 60.9 Å². The molecule has 0 spiro atoms. The van der Waals surface area contributed by atoms with E-state index in [0.717, 1.165) is 49.2 Å². The lowest BCUT2D eigenvalue weighted by Gasteiger charge is -2.46. The second-order valence-electron chi connectivity index (χ2n) is 12.5. The molecule has 9 heteroatoms. The zero-order valence-electron chi connectivity index (χ0n) is 25.3. The van der Waals surface area contributed by atoms with Crippen molar-refractivity contribution in [3.63, 3.8) is 0 Å². The van der Waals surface area contributed by atoms with E-state index >= 15 is 0 Å². The molecule has 1 aromatic heterocycles. The quantitative estimate of drug-likeness (QED) is 0.268. The molecule has 1 atom stereocenters. The Hall–Kier alpha value is -3.72. The molecular formula is C34H42FN3O5. The normalized spacial score (nSPS) is 23.3. The molecule has 1 aliphatic carbocycles. The first-order valence-corrected chi connectivity index (χ1v) is 15.1. The van der Waals surface area contributed by atoms with Gasteiger partial charge in [-0.2, -0.15) is 0 Å². The van der Waals surface area contributed by atoms with Gasteiger partial charge in [0.1, 0.15) is 11.5 Å². The van der Waals surface area contributed by atoms with Crippen LogP contribution in [-0.4, -0.2) is 53.0 Å². The number of rotatable bonds is 11. The van der Waals surface area contributed by atoms with Gasteiger partial charge in [-0.3, -0.25) is 4.79 Å². The molecule has 1 saturated heterocycles. The summed E-state index contributed by atoms with van der Waals surface area (Å²) in [6.45, 7) is 6.18. The lowest BCUT2D eigenvalue weighted by molar-refractivity contribution is -0.143. The van der Waals surface area contributed by atoms with Gasteiger partial charge in [-0.05, 0) is 94.2 Å². The molecule has 2 aromatic carbocycles. The molecule has 2 fully saturated rings. The summed E-state index contributed by atoms with van der Waals surface area (Å²) in [5, 5.41) is 9.26. The van der Waals surface area contributed by atoms with Gasteiger partial charge in [-0.15, -0.1) is 0 Å². The molecule has 1 N–H and O–H groups in total. The Bertz CT molecular complexity index is 1340. The SMILES string of the molecule is COc1ccc(C2(CCN(Cc3ccc(OC4CCC(C(=O)O)CC4)cc3)c3ncc(F)cn3)CCOC(C)(C)C2)cc1. The molecule has 1 unspecified atom stereocenters. The average molecular weight is 592 g/mol. The Morgan fingerprint density at radius 3 is 2.28 bits per heavy atom. The first-order chi connectivity index (χ1) is 20.6. The number of nitrogens with zero attached hydrogens (tertiary/aromatic N) is 3. The number of aliphatic carboxylic acids is 1. The number of carboxylic acids is 1. The molecule has 2 heterocycles. The molecule has 43 heavy (non-hydrogen) atoms. The average Bonchev–Trinajstić information content (AvgIpc) is 3.00. The number of hydrogen-bond donors (Lipinski definition) is 1. The second kappa shape index (κ2) is 13.3. The van der Waals surface area contributed by atoms with Gasteiger partial charge in [0.05, 0.1) is 37.1 Å². The Kier molecular flexibility index (Phi) is 9.49. The molecule has 5 rings (SSSR count). The number of anilines is 1. The van der Waals surface area contributed by atoms with Crippen molar-refractivity contribution in [2.45, 2.75) is 82.5 Å². The van der Waals surface area contributed by atoms with Crippen molar-refractivity contribution >= 4 is 11.9 Å². The smallest absolute Gasteiger partial charge is 0.306 e. The maximum atomic E-state index is 13.8. The van der Waals surface area contributed by atoms with Crippen molar-refractivity contribution in [3.05, 3.63) is 77.9 Å². The third-order valence-electron chi connectivity index (χ3n) is 8.91. The number of aromatic nitrogens is 2. The highest BCUT2D eigenvalue weighted by Crippen LogP contribution is 2.44. The highest BCUT2D eigenvalue weighted by atomic mass is 19.1. The first kappa shape index (κ1) is 30.7. The Balaban J connectivity index is 1.32. The highest BCUT2D eigenvalue weighted by Gasteiger charge is 2.42. The molecule has 8 nitrogen and oxygen atoms in total. The topological polar surface area (TPSA) is 94.0 Å². The summed E-state index contributed by atoms with van der Waals surface area (Å²) in [6.07, 6.45) is 7.82. The second-order valence-corrected chi connectivity index (χ2v) is 12.5. The molecule has 0 radical (unpaired) electrons. The summed E-state index contributed by atoms with van der Waals surface area (Å²) >= 11 is 0. The van der Waals surface area contributed by atoms with Gasteiger partial charge in [0.25, 0.3) is 0 Å². The summed E-state index contributed by atoms with van der Waals surface area (Å²) in [7, 11) is 1.67. The van der Waals surface area contributed by atoms with Crippen LogP contribution >= 0.6 is 0 Å². The number of benzene rings is 2. The molecule has 3 aromatic rings. The minimum atomic E-state index is -0.715. The monoisotopic (exact) mass is 591 g/mol. The summed E-state index contributed by atoms with van der Waals surface area (Å²) in [5.41, 5.74) is 1.92. The van der Waals surface area contributed by atoms with Gasteiger partial charge in [0.2, 0.25) is 5.95 Å². The van der Waals surface area contributed by atoms with Gasteiger partial charge in [0.15, 0.2) is 5.82 Å². The van der Waals surface area contributed by atoms with Crippen LogP contribution in [0.3, 0.4) is 0 Å². The lowest BCUT2D eigenvalue weighted by atomic mass is 9.67. The van der Waals surface area contributed by atoms with E-state index < -0.39 is 11.8 Å². The van der Waals surface area contributed by atoms with E-state index in [1.807, 2.05) is 36.4 Å². The zero-order valence-corrected chi connectivity index (χ0v) is 25.3. The largest absolute Gasteiger partial charge is 0.497 e. The molecule has 2 aliphatic rings. The first-order valence-electron chi connectivity index (χ1n) is 15.1. The number of carbonyl (C=O) groups is 1. The van der Waals surface area contributed by atoms with Crippen LogP contribution in [0.5, 0.6) is 11.5 Å². The van der Waals surface area contributed by atoms with E-state index in [1.165, 1.54) is 18.0 Å². The van der Waals surface area contributed by atoms with Crippen molar-refractivity contribution in [2.24, 2.45) is 5.92 Å². The minimum absolute atomic E-state index is 0.0310. The summed E-state index contributed by atoms with van der Waals surface area (Å²) < 4.78 is 31.5. The summed E-state index contributed by atoms with van der Waals surface area (Å²) in [4.78, 5) is 22.0. The van der Waals surface area contributed by atoms with Crippen molar-refractivity contribution in [1.29, 1.82) is 0 Å². The van der Waals surface area contributed by atoms with Crippen LogP contribution in [0.4, 0.5) is 10.3 Å². The van der Waals surface area contributed by atoms with E-state index in [0.29, 0.717) is 38.5 Å². The Morgan fingerprint density at radius 1 is 1.02 bits per heavy atom. The van der Waals surface area contributed by atoms with Crippen LogP contribution in [0, 0.1) is 11.7 Å². The fraction of sp³-hybridized carbons (Fsp3) is 0.500.